The average molecular weight is 554 g/mol. The fraction of sp³-hybridized carbons (Fsp3) is 0.917. The Labute approximate surface area is 221 Å². The maximum atomic E-state index is 12.8. The molecule has 0 saturated carbocycles. The number of carbonyl (C=O) groups excluding carboxylic acids is 2. The van der Waals surface area contributed by atoms with E-state index in [4.69, 9.17) is 18.9 Å². The van der Waals surface area contributed by atoms with Gasteiger partial charge in [0.05, 0.1) is 25.9 Å². The van der Waals surface area contributed by atoms with E-state index < -0.39 is 68.0 Å². The SMILES string of the molecule is CC(=O)CCCCC(=O)N(CCCO[C@@H]1O[C@H](CO)[C@@H](O)[C@H](O)[C@@H]1O)CCO[C@@H]1O[C@@H](C)[C@@H](O)[C@@H](O)[C@@H]1O. The molecule has 0 aromatic carbocycles. The fourth-order valence-electron chi connectivity index (χ4n) is 4.26. The summed E-state index contributed by atoms with van der Waals surface area (Å²) >= 11 is 0. The van der Waals surface area contributed by atoms with Crippen molar-refractivity contribution in [3.63, 3.8) is 0 Å². The topological polar surface area (TPSA) is 216 Å². The van der Waals surface area contributed by atoms with Gasteiger partial charge >= 0.3 is 0 Å². The summed E-state index contributed by atoms with van der Waals surface area (Å²) in [7, 11) is 0. The molecule has 0 radical (unpaired) electrons. The summed E-state index contributed by atoms with van der Waals surface area (Å²) in [5, 5.41) is 69.0. The Balaban J connectivity index is 1.87. The first-order valence-electron chi connectivity index (χ1n) is 13.0. The van der Waals surface area contributed by atoms with Gasteiger partial charge in [-0.1, -0.05) is 0 Å². The number of hydrogen-bond acceptors (Lipinski definition) is 13. The lowest BCUT2D eigenvalue weighted by atomic mass is 9.99. The van der Waals surface area contributed by atoms with Crippen LogP contribution in [0.4, 0.5) is 0 Å². The van der Waals surface area contributed by atoms with Crippen molar-refractivity contribution in [1.29, 1.82) is 0 Å². The second kappa shape index (κ2) is 16.1. The Kier molecular flexibility index (Phi) is 13.9. The third-order valence-corrected chi connectivity index (χ3v) is 6.68. The molecular weight excluding hydrogens is 510 g/mol. The van der Waals surface area contributed by atoms with Crippen LogP contribution in [-0.2, 0) is 28.5 Å². The highest BCUT2D eigenvalue weighted by molar-refractivity contribution is 5.77. The van der Waals surface area contributed by atoms with Crippen molar-refractivity contribution in [2.75, 3.05) is 32.9 Å². The lowest BCUT2D eigenvalue weighted by molar-refractivity contribution is -0.301. The van der Waals surface area contributed by atoms with Gasteiger partial charge in [-0.15, -0.1) is 0 Å². The van der Waals surface area contributed by atoms with Crippen LogP contribution in [0.1, 0.15) is 46.0 Å². The molecule has 10 atom stereocenters. The Morgan fingerprint density at radius 1 is 0.737 bits per heavy atom. The number of hydrogen-bond donors (Lipinski definition) is 7. The van der Waals surface area contributed by atoms with Gasteiger partial charge in [-0.2, -0.15) is 0 Å². The van der Waals surface area contributed by atoms with Crippen LogP contribution < -0.4 is 0 Å². The molecule has 2 heterocycles. The van der Waals surface area contributed by atoms with Gasteiger partial charge in [-0.25, -0.2) is 0 Å². The summed E-state index contributed by atoms with van der Waals surface area (Å²) in [6.07, 6.45) is -11.1. The van der Waals surface area contributed by atoms with Gasteiger partial charge < -0.3 is 64.4 Å². The van der Waals surface area contributed by atoms with Crippen molar-refractivity contribution in [3.8, 4) is 0 Å². The van der Waals surface area contributed by atoms with Crippen molar-refractivity contribution in [2.45, 2.75) is 107 Å². The molecule has 2 saturated heterocycles. The molecule has 14 heteroatoms. The second-order valence-corrected chi connectivity index (χ2v) is 9.76. The van der Waals surface area contributed by atoms with E-state index >= 15 is 0 Å². The van der Waals surface area contributed by atoms with E-state index in [-0.39, 0.29) is 44.4 Å². The van der Waals surface area contributed by atoms with Gasteiger partial charge in [0.1, 0.15) is 48.5 Å². The summed E-state index contributed by atoms with van der Waals surface area (Å²) in [5.41, 5.74) is 0. The first-order valence-corrected chi connectivity index (χ1v) is 13.0. The largest absolute Gasteiger partial charge is 0.394 e. The van der Waals surface area contributed by atoms with E-state index in [2.05, 4.69) is 0 Å². The van der Waals surface area contributed by atoms with E-state index in [1.807, 2.05) is 0 Å². The number of rotatable bonds is 15. The molecule has 14 nitrogen and oxygen atoms in total. The zero-order valence-corrected chi connectivity index (χ0v) is 21.9. The number of aliphatic hydroxyl groups is 7. The molecule has 1 amide bonds. The number of carbonyl (C=O) groups is 2. The van der Waals surface area contributed by atoms with Crippen LogP contribution in [0.15, 0.2) is 0 Å². The third-order valence-electron chi connectivity index (χ3n) is 6.68. The van der Waals surface area contributed by atoms with Crippen LogP contribution in [0.3, 0.4) is 0 Å². The molecule has 2 rings (SSSR count). The van der Waals surface area contributed by atoms with Crippen LogP contribution >= 0.6 is 0 Å². The van der Waals surface area contributed by atoms with Gasteiger partial charge in [0.15, 0.2) is 12.6 Å². The number of ketones is 1. The number of ether oxygens (including phenoxy) is 4. The Hall–Kier alpha value is -1.30. The average Bonchev–Trinajstić information content (AvgIpc) is 2.89. The lowest BCUT2D eigenvalue weighted by Crippen LogP contribution is -2.59. The van der Waals surface area contributed by atoms with E-state index in [1.54, 1.807) is 0 Å². The highest BCUT2D eigenvalue weighted by Crippen LogP contribution is 2.23. The molecule has 0 aliphatic carbocycles. The Morgan fingerprint density at radius 3 is 1.95 bits per heavy atom. The summed E-state index contributed by atoms with van der Waals surface area (Å²) in [5.74, 6) is -0.153. The second-order valence-electron chi connectivity index (χ2n) is 9.76. The van der Waals surface area contributed by atoms with Gasteiger partial charge in [0.25, 0.3) is 0 Å². The first-order chi connectivity index (χ1) is 18.0. The highest BCUT2D eigenvalue weighted by atomic mass is 16.7. The molecule has 222 valence electrons. The zero-order chi connectivity index (χ0) is 28.4. The maximum absolute atomic E-state index is 12.8. The highest BCUT2D eigenvalue weighted by Gasteiger charge is 2.44. The van der Waals surface area contributed by atoms with Gasteiger partial charge in [-0.05, 0) is 33.1 Å². The molecular formula is C24H43NO13. The van der Waals surface area contributed by atoms with Crippen molar-refractivity contribution in [2.24, 2.45) is 0 Å². The number of Topliss-reactive ketones (excluding diaryl/α,β-unsaturated/α-hetero) is 1. The predicted octanol–water partition coefficient (Wildman–Crippen LogP) is -2.98. The summed E-state index contributed by atoms with van der Waals surface area (Å²) in [6.45, 7) is 2.75. The number of amides is 1. The summed E-state index contributed by atoms with van der Waals surface area (Å²) in [6, 6.07) is 0. The minimum Gasteiger partial charge on any atom is -0.394 e. The van der Waals surface area contributed by atoms with Crippen molar-refractivity contribution in [1.82, 2.24) is 4.90 Å². The van der Waals surface area contributed by atoms with E-state index in [0.29, 0.717) is 25.7 Å². The van der Waals surface area contributed by atoms with Gasteiger partial charge in [0, 0.05) is 25.9 Å². The van der Waals surface area contributed by atoms with Crippen LogP contribution in [0.2, 0.25) is 0 Å². The van der Waals surface area contributed by atoms with Crippen molar-refractivity contribution >= 4 is 11.7 Å². The predicted molar refractivity (Wildman–Crippen MR) is 128 cm³/mol. The Morgan fingerprint density at radius 2 is 1.32 bits per heavy atom. The minimum absolute atomic E-state index is 0.0176. The molecule has 0 aromatic heterocycles. The van der Waals surface area contributed by atoms with E-state index in [1.165, 1.54) is 18.7 Å². The molecule has 0 unspecified atom stereocenters. The molecule has 0 bridgehead atoms. The number of unbranched alkanes of at least 4 members (excludes halogenated alkanes) is 1. The molecule has 2 aliphatic rings. The van der Waals surface area contributed by atoms with Crippen LogP contribution in [-0.4, -0.2) is 147 Å². The Bertz CT molecular complexity index is 725. The maximum Gasteiger partial charge on any atom is 0.222 e. The van der Waals surface area contributed by atoms with Crippen LogP contribution in [0.25, 0.3) is 0 Å². The minimum atomic E-state index is -1.56. The van der Waals surface area contributed by atoms with Crippen LogP contribution in [0, 0.1) is 0 Å². The summed E-state index contributed by atoms with van der Waals surface area (Å²) in [4.78, 5) is 25.5. The first kappa shape index (κ1) is 32.9. The number of aliphatic hydroxyl groups excluding tert-OH is 7. The van der Waals surface area contributed by atoms with Gasteiger partial charge in [-0.3, -0.25) is 4.79 Å². The van der Waals surface area contributed by atoms with Crippen molar-refractivity contribution < 1.29 is 64.3 Å². The van der Waals surface area contributed by atoms with E-state index in [9.17, 15) is 45.3 Å². The lowest BCUT2D eigenvalue weighted by Gasteiger charge is -2.39. The molecule has 2 fully saturated rings. The standard InChI is InChI=1S/C24H43NO13/c1-13(27)6-3-4-7-16(28)25(9-11-36-23-21(33)19(31)17(29)14(2)37-23)8-5-10-35-24-22(34)20(32)18(30)15(12-26)38-24/h14-15,17-24,26,29-34H,3-12H2,1-2H3/t14-,15+,17+,18+,19+,20-,21-,22-,23+,24+/m0/s1. The molecule has 38 heavy (non-hydrogen) atoms. The van der Waals surface area contributed by atoms with Crippen LogP contribution in [0.5, 0.6) is 0 Å². The molecule has 0 aromatic rings. The molecule has 7 N–H and O–H groups in total. The number of nitrogens with zero attached hydrogens (tertiary/aromatic N) is 1. The summed E-state index contributed by atoms with van der Waals surface area (Å²) < 4.78 is 21.7. The quantitative estimate of drug-likeness (QED) is 0.101. The zero-order valence-electron chi connectivity index (χ0n) is 21.9. The molecule has 2 aliphatic heterocycles. The van der Waals surface area contributed by atoms with Gasteiger partial charge in [0.2, 0.25) is 5.91 Å². The van der Waals surface area contributed by atoms with Crippen molar-refractivity contribution in [3.05, 3.63) is 0 Å². The third kappa shape index (κ3) is 9.41. The monoisotopic (exact) mass is 553 g/mol. The normalized spacial score (nSPS) is 35.7. The molecule has 0 spiro atoms. The van der Waals surface area contributed by atoms with E-state index in [0.717, 1.165) is 0 Å². The fourth-order valence-corrected chi connectivity index (χ4v) is 4.26. The smallest absolute Gasteiger partial charge is 0.222 e.